The van der Waals surface area contributed by atoms with Crippen LogP contribution in [0.2, 0.25) is 0 Å². The number of H-pyrrole nitrogens is 1. The van der Waals surface area contributed by atoms with Gasteiger partial charge in [-0.3, -0.25) is 13.9 Å². The van der Waals surface area contributed by atoms with Gasteiger partial charge in [0, 0.05) is 48.6 Å². The molecule has 4 bridgehead atoms. The predicted octanol–water partition coefficient (Wildman–Crippen LogP) is 2.78. The van der Waals surface area contributed by atoms with E-state index < -0.39 is 125 Å². The zero-order chi connectivity index (χ0) is 39.5. The molecule has 26 heavy (non-hydrogen) atoms. The molecule has 0 radical (unpaired) electrons. The maximum atomic E-state index is 13.9. The summed E-state index contributed by atoms with van der Waals surface area (Å²) in [5.41, 5.74) is -11.3. The van der Waals surface area contributed by atoms with Gasteiger partial charge in [0.25, 0.3) is 5.56 Å². The van der Waals surface area contributed by atoms with Crippen LogP contribution < -0.4 is 11.2 Å². The quantitative estimate of drug-likeness (QED) is 0.867. The molecule has 2 aromatic heterocycles. The van der Waals surface area contributed by atoms with Gasteiger partial charge in [-0.15, -0.1) is 0 Å². The Kier molecular flexibility index (Phi) is 1.02. The molecular weight excluding hydrogens is 328 g/mol. The maximum Gasteiger partial charge on any atom is 0.332 e. The highest BCUT2D eigenvalue weighted by atomic mass is 16.2. The summed E-state index contributed by atoms with van der Waals surface area (Å²) >= 11 is 0. The number of nitrogens with one attached hydrogen (secondary N) is 1. The molecule has 0 saturated heterocycles. The molecule has 4 fully saturated rings. The van der Waals surface area contributed by atoms with E-state index in [1.54, 1.807) is 0 Å². The number of nitrogens with zero attached hydrogens (tertiary/aromatic N) is 3. The van der Waals surface area contributed by atoms with Crippen LogP contribution in [0.1, 0.15) is 97.1 Å². The Labute approximate surface area is 186 Å². The summed E-state index contributed by atoms with van der Waals surface area (Å²) in [5.74, 6) is -13.8. The third kappa shape index (κ3) is 2.01. The lowest BCUT2D eigenvalue weighted by Gasteiger charge is -2.30. The van der Waals surface area contributed by atoms with E-state index in [1.807, 2.05) is 4.98 Å². The normalized spacial score (nSPS) is 66.7. The van der Waals surface area contributed by atoms with Gasteiger partial charge in [0.15, 0.2) is 5.65 Å². The van der Waals surface area contributed by atoms with Crippen LogP contribution in [-0.4, -0.2) is 19.1 Å². The van der Waals surface area contributed by atoms with E-state index >= 15 is 0 Å². The van der Waals surface area contributed by atoms with E-state index in [4.69, 9.17) is 31.5 Å². The summed E-state index contributed by atoms with van der Waals surface area (Å²) in [5, 5.41) is 0. The van der Waals surface area contributed by atoms with E-state index in [1.165, 1.54) is 0 Å². The SMILES string of the molecule is [2H]C([2H])([2H])C([2H])([2H])C([2H])([2H])n1c(=O)n(C([2H])([2H])C([2H])([2H])C)c(=O)c2[nH]c(C34C([2H])([2H])C5([2H])C([2H])([2H])C([2H])(C([2H])([2H])C3([2H])C5([2H])[2H])C4([2H])[2H])nc21. The summed E-state index contributed by atoms with van der Waals surface area (Å²) in [6.45, 7) is -11.5. The van der Waals surface area contributed by atoms with E-state index in [9.17, 15) is 11.0 Å². The topological polar surface area (TPSA) is 72.7 Å². The van der Waals surface area contributed by atoms with Gasteiger partial charge in [-0.05, 0) is 62.3 Å². The van der Waals surface area contributed by atoms with Crippen molar-refractivity contribution in [1.29, 1.82) is 0 Å². The Morgan fingerprint density at radius 3 is 2.69 bits per heavy atom. The molecule has 0 spiro atoms. The Balaban J connectivity index is 2.11. The molecule has 4 saturated carbocycles. The smallest absolute Gasteiger partial charge is 0.332 e. The van der Waals surface area contributed by atoms with Gasteiger partial charge in [-0.25, -0.2) is 9.78 Å². The molecule has 2 atom stereocenters. The van der Waals surface area contributed by atoms with Gasteiger partial charge < -0.3 is 4.98 Å². The Bertz CT molecular complexity index is 1920. The van der Waals surface area contributed by atoms with Crippen LogP contribution in [0.3, 0.4) is 0 Å². The number of imidazole rings is 1. The third-order valence-electron chi connectivity index (χ3n) is 4.19. The molecule has 140 valence electrons. The van der Waals surface area contributed by atoms with Gasteiger partial charge in [-0.1, -0.05) is 13.8 Å². The Morgan fingerprint density at radius 2 is 2.00 bits per heavy atom. The first-order valence-electron chi connectivity index (χ1n) is 19.4. The molecule has 0 amide bonds. The minimum atomic E-state index is -4.25. The van der Waals surface area contributed by atoms with Crippen molar-refractivity contribution in [1.82, 2.24) is 19.1 Å². The summed E-state index contributed by atoms with van der Waals surface area (Å²) in [4.78, 5) is 33.4. The number of hydrogen-bond acceptors (Lipinski definition) is 3. The van der Waals surface area contributed by atoms with E-state index in [0.717, 1.165) is 0 Å². The molecule has 0 aromatic carbocycles. The van der Waals surface area contributed by atoms with Gasteiger partial charge in [-0.2, -0.15) is 0 Å². The molecule has 6 rings (SSSR count). The number of hydrogen-bond donors (Lipinski definition) is 1. The second-order valence-corrected chi connectivity index (χ2v) is 5.64. The molecule has 6 heteroatoms. The highest BCUT2D eigenvalue weighted by Gasteiger charge is 2.59. The first kappa shape index (κ1) is 4.76. The lowest BCUT2D eigenvalue weighted by molar-refractivity contribution is 0.262. The van der Waals surface area contributed by atoms with E-state index in [0.29, 0.717) is 6.92 Å². The molecule has 4 aliphatic rings. The van der Waals surface area contributed by atoms with Gasteiger partial charge in [0.2, 0.25) is 0 Å². The lowest BCUT2D eigenvalue weighted by atomic mass is 9.75. The predicted molar refractivity (Wildman–Crippen MR) is 100 cm³/mol. The number of aryl methyl sites for hydroxylation is 1. The monoisotopic (exact) mass is 380 g/mol. The van der Waals surface area contributed by atoms with Crippen LogP contribution in [0.5, 0.6) is 0 Å². The van der Waals surface area contributed by atoms with Crippen molar-refractivity contribution in [2.24, 2.45) is 17.7 Å². The molecule has 1 N–H and O–H groups in total. The van der Waals surface area contributed by atoms with Crippen LogP contribution in [0.25, 0.3) is 11.2 Å². The zero-order valence-corrected chi connectivity index (χ0v) is 13.2. The van der Waals surface area contributed by atoms with Crippen molar-refractivity contribution in [3.63, 3.8) is 0 Å². The second-order valence-electron chi connectivity index (χ2n) is 5.64. The number of rotatable bonds is 5. The van der Waals surface area contributed by atoms with E-state index in [-0.39, 0.29) is 0 Å². The molecule has 2 unspecified atom stereocenters. The maximum absolute atomic E-state index is 13.9. The van der Waals surface area contributed by atoms with Crippen molar-refractivity contribution >= 4 is 11.2 Å². The first-order chi connectivity index (χ1) is 21.7. The standard InChI is InChI=1S/C20H28N4O2/c1-3-5-23-16-15(17(25)24(6-4-2)19(23)26)21-18(22-16)20-10-12-7-13(11-20)9-14(20)8-12/h12-14H,3-11H2,1-2H3,(H,21,22)/i1D3,3D2,4D2,5D2,6D2,7D2,8D2,9D2,10D2,11D2,12D,13D,14D. The highest BCUT2D eigenvalue weighted by Crippen LogP contribution is 2.65. The lowest BCUT2D eigenvalue weighted by Crippen LogP contribution is -2.40. The van der Waals surface area contributed by atoms with Crippen molar-refractivity contribution in [3.8, 4) is 0 Å². The van der Waals surface area contributed by atoms with Crippen molar-refractivity contribution in [3.05, 3.63) is 26.7 Å². The minimum Gasteiger partial charge on any atom is -0.336 e. The fourth-order valence-electron chi connectivity index (χ4n) is 3.16. The van der Waals surface area contributed by atoms with Crippen LogP contribution in [0.4, 0.5) is 0 Å². The van der Waals surface area contributed by atoms with Crippen LogP contribution in [-0.2, 0) is 18.4 Å². The number of aromatic nitrogens is 4. The van der Waals surface area contributed by atoms with Crippen LogP contribution in [0.15, 0.2) is 9.59 Å². The largest absolute Gasteiger partial charge is 0.336 e. The summed E-state index contributed by atoms with van der Waals surface area (Å²) in [6.07, 6.45) is -28.0. The van der Waals surface area contributed by atoms with Crippen LogP contribution in [0, 0.1) is 17.7 Å². The molecule has 2 aromatic rings. The van der Waals surface area contributed by atoms with Gasteiger partial charge >= 0.3 is 5.69 Å². The minimum absolute atomic E-state index is 0.529. The van der Waals surface area contributed by atoms with Crippen molar-refractivity contribution < 1.29 is 32.9 Å². The number of aromatic amines is 1. The summed E-state index contributed by atoms with van der Waals surface area (Å²) in [7, 11) is 0. The molecule has 2 heterocycles. The number of fused-ring (bicyclic) bond motifs is 1. The molecule has 4 aliphatic carbocycles. The van der Waals surface area contributed by atoms with E-state index in [2.05, 4.69) is 4.98 Å². The third-order valence-corrected chi connectivity index (χ3v) is 4.19. The average molecular weight is 381 g/mol. The second kappa shape index (κ2) is 5.57. The summed E-state index contributed by atoms with van der Waals surface area (Å²) in [6, 6.07) is 0. The average Bonchev–Trinajstić information content (AvgIpc) is 3.38. The first-order valence-corrected chi connectivity index (χ1v) is 7.45. The van der Waals surface area contributed by atoms with Crippen molar-refractivity contribution in [2.45, 2.75) is 76.8 Å². The zero-order valence-electron chi connectivity index (χ0n) is 37.2. The van der Waals surface area contributed by atoms with Gasteiger partial charge in [0.05, 0.1) is 2.74 Å². The highest BCUT2D eigenvalue weighted by molar-refractivity contribution is 5.70. The van der Waals surface area contributed by atoms with Gasteiger partial charge in [0.1, 0.15) is 11.3 Å². The Hall–Kier alpha value is -1.85. The molecular formula is C20H28N4O2. The Morgan fingerprint density at radius 1 is 1.27 bits per heavy atom. The van der Waals surface area contributed by atoms with Crippen LogP contribution >= 0.6 is 0 Å². The van der Waals surface area contributed by atoms with Crippen molar-refractivity contribution in [2.75, 3.05) is 0 Å². The summed E-state index contributed by atoms with van der Waals surface area (Å²) < 4.78 is 202. The fraction of sp³-hybridized carbons (Fsp3) is 0.750. The fourth-order valence-corrected chi connectivity index (χ4v) is 3.16. The molecule has 6 nitrogen and oxygen atoms in total. The molecule has 0 aliphatic heterocycles.